The molecule has 0 fully saturated rings. The number of halogens is 1. The Hall–Kier alpha value is -0.890. The van der Waals surface area contributed by atoms with Gasteiger partial charge in [0, 0.05) is 12.1 Å². The van der Waals surface area contributed by atoms with E-state index in [4.69, 9.17) is 0 Å². The van der Waals surface area contributed by atoms with E-state index in [1.165, 1.54) is 70.6 Å². The Labute approximate surface area is 149 Å². The third-order valence-electron chi connectivity index (χ3n) is 4.76. The Kier molecular flexibility index (Phi) is 12.7. The average Bonchev–Trinajstić information content (AvgIpc) is 2.59. The highest BCUT2D eigenvalue weighted by atomic mass is 19.1. The maximum Gasteiger partial charge on any atom is 0.127 e. The summed E-state index contributed by atoms with van der Waals surface area (Å²) in [5, 5.41) is 0. The molecule has 0 heterocycles. The van der Waals surface area contributed by atoms with Crippen LogP contribution in [0, 0.1) is 5.82 Å². The number of unbranched alkanes of at least 4 members (excludes halogenated alkanes) is 9. The van der Waals surface area contributed by atoms with Gasteiger partial charge in [-0.1, -0.05) is 89.8 Å². The number of benzene rings is 1. The molecule has 0 spiro atoms. The van der Waals surface area contributed by atoms with Crippen LogP contribution in [0.1, 0.15) is 90.0 Å². The number of rotatable bonds is 15. The Bertz CT molecular complexity index is 405. The minimum atomic E-state index is -0.0589. The van der Waals surface area contributed by atoms with Gasteiger partial charge in [-0.2, -0.15) is 0 Å². The molecule has 1 nitrogen and oxygen atoms in total. The highest BCUT2D eigenvalue weighted by Crippen LogP contribution is 2.13. The van der Waals surface area contributed by atoms with E-state index in [-0.39, 0.29) is 5.82 Å². The molecule has 0 atom stereocenters. The topological polar surface area (TPSA) is 3.24 Å². The molecule has 0 aliphatic carbocycles. The predicted octanol–water partition coefficient (Wildman–Crippen LogP) is 6.96. The van der Waals surface area contributed by atoms with Gasteiger partial charge < -0.3 is 0 Å². The third kappa shape index (κ3) is 10.1. The van der Waals surface area contributed by atoms with Crippen molar-refractivity contribution >= 4 is 0 Å². The number of hydrogen-bond donors (Lipinski definition) is 0. The summed E-state index contributed by atoms with van der Waals surface area (Å²) in [6.45, 7) is 7.48. The first-order valence-corrected chi connectivity index (χ1v) is 10.2. The molecule has 0 unspecified atom stereocenters. The van der Waals surface area contributed by atoms with E-state index in [9.17, 15) is 4.39 Å². The van der Waals surface area contributed by atoms with E-state index in [0.29, 0.717) is 0 Å². The predicted molar refractivity (Wildman–Crippen MR) is 104 cm³/mol. The largest absolute Gasteiger partial charge is 0.299 e. The quantitative estimate of drug-likeness (QED) is 0.313. The van der Waals surface area contributed by atoms with Crippen molar-refractivity contribution in [1.82, 2.24) is 4.90 Å². The average molecular weight is 336 g/mol. The molecule has 1 rings (SSSR count). The summed E-state index contributed by atoms with van der Waals surface area (Å²) in [5.74, 6) is -0.0589. The molecular formula is C22H38FN. The van der Waals surface area contributed by atoms with Gasteiger partial charge in [-0.3, -0.25) is 4.90 Å². The molecular weight excluding hydrogens is 297 g/mol. The molecule has 1 aromatic rings. The summed E-state index contributed by atoms with van der Waals surface area (Å²) >= 11 is 0. The second-order valence-electron chi connectivity index (χ2n) is 7.05. The molecule has 0 aliphatic heterocycles. The highest BCUT2D eigenvalue weighted by molar-refractivity contribution is 5.17. The van der Waals surface area contributed by atoms with Gasteiger partial charge in [0.1, 0.15) is 5.82 Å². The lowest BCUT2D eigenvalue weighted by Crippen LogP contribution is -2.26. The first-order chi connectivity index (χ1) is 11.8. The van der Waals surface area contributed by atoms with Crippen LogP contribution in [0.25, 0.3) is 0 Å². The molecule has 0 radical (unpaired) electrons. The van der Waals surface area contributed by atoms with E-state index >= 15 is 0 Å². The van der Waals surface area contributed by atoms with E-state index in [0.717, 1.165) is 25.2 Å². The second-order valence-corrected chi connectivity index (χ2v) is 7.05. The third-order valence-corrected chi connectivity index (χ3v) is 4.76. The SMILES string of the molecule is CCCCCCCCN(CCCCCCC)Cc1ccccc1F. The van der Waals surface area contributed by atoms with Gasteiger partial charge in [-0.05, 0) is 32.0 Å². The molecule has 0 N–H and O–H groups in total. The summed E-state index contributed by atoms with van der Waals surface area (Å²) in [7, 11) is 0. The molecule has 0 saturated carbocycles. The zero-order valence-corrected chi connectivity index (χ0v) is 16.0. The van der Waals surface area contributed by atoms with Crippen LogP contribution in [0.3, 0.4) is 0 Å². The highest BCUT2D eigenvalue weighted by Gasteiger charge is 2.09. The smallest absolute Gasteiger partial charge is 0.127 e. The summed E-state index contributed by atoms with van der Waals surface area (Å²) in [6, 6.07) is 7.24. The van der Waals surface area contributed by atoms with Gasteiger partial charge in [0.2, 0.25) is 0 Å². The van der Waals surface area contributed by atoms with Crippen molar-refractivity contribution in [2.75, 3.05) is 13.1 Å². The fraction of sp³-hybridized carbons (Fsp3) is 0.727. The van der Waals surface area contributed by atoms with Crippen LogP contribution in [0.5, 0.6) is 0 Å². The molecule has 0 bridgehead atoms. The molecule has 0 aliphatic rings. The molecule has 24 heavy (non-hydrogen) atoms. The van der Waals surface area contributed by atoms with Crippen molar-refractivity contribution in [1.29, 1.82) is 0 Å². The van der Waals surface area contributed by atoms with Gasteiger partial charge >= 0.3 is 0 Å². The first kappa shape index (κ1) is 21.2. The minimum absolute atomic E-state index is 0.0589. The Morgan fingerprint density at radius 3 is 1.75 bits per heavy atom. The van der Waals surface area contributed by atoms with Crippen molar-refractivity contribution in [2.24, 2.45) is 0 Å². The van der Waals surface area contributed by atoms with E-state index in [1.54, 1.807) is 12.1 Å². The first-order valence-electron chi connectivity index (χ1n) is 10.2. The van der Waals surface area contributed by atoms with Crippen LogP contribution < -0.4 is 0 Å². The van der Waals surface area contributed by atoms with Crippen LogP contribution in [-0.2, 0) is 6.54 Å². The maximum absolute atomic E-state index is 13.9. The molecule has 2 heteroatoms. The van der Waals surface area contributed by atoms with Crippen molar-refractivity contribution < 1.29 is 4.39 Å². The van der Waals surface area contributed by atoms with Crippen molar-refractivity contribution in [2.45, 2.75) is 91.0 Å². The lowest BCUT2D eigenvalue weighted by Gasteiger charge is -2.23. The van der Waals surface area contributed by atoms with Crippen LogP contribution >= 0.6 is 0 Å². The van der Waals surface area contributed by atoms with E-state index in [2.05, 4.69) is 18.7 Å². The lowest BCUT2D eigenvalue weighted by atomic mass is 10.1. The van der Waals surface area contributed by atoms with Crippen molar-refractivity contribution in [3.05, 3.63) is 35.6 Å². The minimum Gasteiger partial charge on any atom is -0.299 e. The summed E-state index contributed by atoms with van der Waals surface area (Å²) < 4.78 is 13.9. The standard InChI is InChI=1S/C22H38FN/c1-3-5-7-9-11-15-19-24(18-14-10-8-6-4-2)20-21-16-12-13-17-22(21)23/h12-13,16-17H,3-11,14-15,18-20H2,1-2H3. The van der Waals surface area contributed by atoms with Gasteiger partial charge in [-0.25, -0.2) is 4.39 Å². The second kappa shape index (κ2) is 14.5. The van der Waals surface area contributed by atoms with Gasteiger partial charge in [0.05, 0.1) is 0 Å². The van der Waals surface area contributed by atoms with Gasteiger partial charge in [-0.15, -0.1) is 0 Å². The maximum atomic E-state index is 13.9. The van der Waals surface area contributed by atoms with Crippen LogP contribution in [-0.4, -0.2) is 18.0 Å². The van der Waals surface area contributed by atoms with E-state index < -0.39 is 0 Å². The summed E-state index contributed by atoms with van der Waals surface area (Å²) in [4.78, 5) is 2.46. The van der Waals surface area contributed by atoms with Crippen molar-refractivity contribution in [3.8, 4) is 0 Å². The van der Waals surface area contributed by atoms with Gasteiger partial charge in [0.15, 0.2) is 0 Å². The molecule has 0 aromatic heterocycles. The molecule has 0 saturated heterocycles. The number of hydrogen-bond acceptors (Lipinski definition) is 1. The van der Waals surface area contributed by atoms with E-state index in [1.807, 2.05) is 12.1 Å². The fourth-order valence-electron chi connectivity index (χ4n) is 3.19. The normalized spacial score (nSPS) is 11.3. The summed E-state index contributed by atoms with van der Waals surface area (Å²) in [6.07, 6.45) is 14.4. The van der Waals surface area contributed by atoms with Crippen LogP contribution in [0.2, 0.25) is 0 Å². The molecule has 1 aromatic carbocycles. The Morgan fingerprint density at radius 2 is 1.21 bits per heavy atom. The lowest BCUT2D eigenvalue weighted by molar-refractivity contribution is 0.249. The fourth-order valence-corrected chi connectivity index (χ4v) is 3.19. The number of nitrogens with zero attached hydrogens (tertiary/aromatic N) is 1. The van der Waals surface area contributed by atoms with Crippen LogP contribution in [0.15, 0.2) is 24.3 Å². The Balaban J connectivity index is 2.36. The zero-order chi connectivity index (χ0) is 17.5. The zero-order valence-electron chi connectivity index (χ0n) is 16.0. The Morgan fingerprint density at radius 1 is 0.708 bits per heavy atom. The van der Waals surface area contributed by atoms with Crippen molar-refractivity contribution in [3.63, 3.8) is 0 Å². The van der Waals surface area contributed by atoms with Gasteiger partial charge in [0.25, 0.3) is 0 Å². The molecule has 0 amide bonds. The monoisotopic (exact) mass is 335 g/mol. The molecule has 138 valence electrons. The van der Waals surface area contributed by atoms with Crippen LogP contribution in [0.4, 0.5) is 4.39 Å². The summed E-state index contributed by atoms with van der Waals surface area (Å²) in [5.41, 5.74) is 0.844.